The van der Waals surface area contributed by atoms with Crippen molar-refractivity contribution in [1.82, 2.24) is 0 Å². The predicted molar refractivity (Wildman–Crippen MR) is 93.8 cm³/mol. The van der Waals surface area contributed by atoms with E-state index in [1.54, 1.807) is 13.8 Å². The molecule has 0 saturated heterocycles. The van der Waals surface area contributed by atoms with Crippen LogP contribution in [-0.4, -0.2) is 42.5 Å². The average molecular weight is 369 g/mol. The third-order valence-electron chi connectivity index (χ3n) is 4.01. The predicted octanol–water partition coefficient (Wildman–Crippen LogP) is 2.47. The molecule has 0 aliphatic heterocycles. The SMILES string of the molecule is CC(C)Oc1ccc(C(=O)O)cc1NC(=O)CS(=O)(=O)C1CCCC1. The molecule has 0 bridgehead atoms. The number of anilines is 1. The van der Waals surface area contributed by atoms with Gasteiger partial charge in [0, 0.05) is 0 Å². The molecule has 1 aliphatic rings. The zero-order valence-electron chi connectivity index (χ0n) is 14.3. The van der Waals surface area contributed by atoms with E-state index in [1.165, 1.54) is 18.2 Å². The molecule has 8 heteroatoms. The van der Waals surface area contributed by atoms with E-state index in [-0.39, 0.29) is 17.4 Å². The van der Waals surface area contributed by atoms with Crippen molar-refractivity contribution in [3.8, 4) is 5.75 Å². The highest BCUT2D eigenvalue weighted by molar-refractivity contribution is 7.92. The van der Waals surface area contributed by atoms with Crippen LogP contribution in [0, 0.1) is 0 Å². The lowest BCUT2D eigenvalue weighted by Gasteiger charge is -2.16. The van der Waals surface area contributed by atoms with Gasteiger partial charge in [-0.1, -0.05) is 12.8 Å². The summed E-state index contributed by atoms with van der Waals surface area (Å²) in [7, 11) is -3.51. The molecule has 1 amide bonds. The van der Waals surface area contributed by atoms with E-state index >= 15 is 0 Å². The number of hydrogen-bond donors (Lipinski definition) is 2. The topological polar surface area (TPSA) is 110 Å². The summed E-state index contributed by atoms with van der Waals surface area (Å²) in [6.45, 7) is 3.59. The molecule has 0 spiro atoms. The Morgan fingerprint density at radius 3 is 2.48 bits per heavy atom. The third-order valence-corrected chi connectivity index (χ3v) is 6.16. The number of carbonyl (C=O) groups excluding carboxylic acids is 1. The number of carbonyl (C=O) groups is 2. The monoisotopic (exact) mass is 369 g/mol. The van der Waals surface area contributed by atoms with Crippen LogP contribution in [0.25, 0.3) is 0 Å². The Bertz CT molecular complexity index is 750. The highest BCUT2D eigenvalue weighted by atomic mass is 32.2. The lowest BCUT2D eigenvalue weighted by Crippen LogP contribution is -2.29. The molecule has 1 aromatic rings. The van der Waals surface area contributed by atoms with Crippen molar-refractivity contribution in [3.63, 3.8) is 0 Å². The minimum atomic E-state index is -3.51. The van der Waals surface area contributed by atoms with Gasteiger partial charge >= 0.3 is 5.97 Å². The van der Waals surface area contributed by atoms with Gasteiger partial charge < -0.3 is 15.2 Å². The number of sulfone groups is 1. The highest BCUT2D eigenvalue weighted by Gasteiger charge is 2.30. The number of amides is 1. The van der Waals surface area contributed by atoms with Gasteiger partial charge in [0.1, 0.15) is 11.5 Å². The van der Waals surface area contributed by atoms with Gasteiger partial charge in [0.25, 0.3) is 0 Å². The normalized spacial score (nSPS) is 15.3. The van der Waals surface area contributed by atoms with Gasteiger partial charge in [0.05, 0.1) is 22.6 Å². The molecule has 2 N–H and O–H groups in total. The Morgan fingerprint density at radius 2 is 1.92 bits per heavy atom. The smallest absolute Gasteiger partial charge is 0.335 e. The Balaban J connectivity index is 2.17. The first-order chi connectivity index (χ1) is 11.7. The van der Waals surface area contributed by atoms with Crippen LogP contribution < -0.4 is 10.1 Å². The molecule has 1 aromatic carbocycles. The molecule has 0 radical (unpaired) electrons. The van der Waals surface area contributed by atoms with E-state index in [9.17, 15) is 18.0 Å². The van der Waals surface area contributed by atoms with Crippen molar-refractivity contribution in [2.45, 2.75) is 50.9 Å². The maximum atomic E-state index is 12.3. The van der Waals surface area contributed by atoms with Crippen LogP contribution in [0.1, 0.15) is 49.9 Å². The van der Waals surface area contributed by atoms with Gasteiger partial charge in [0.15, 0.2) is 9.84 Å². The molecule has 2 rings (SSSR count). The Hall–Kier alpha value is -2.09. The lowest BCUT2D eigenvalue weighted by atomic mass is 10.2. The largest absolute Gasteiger partial charge is 0.489 e. The second kappa shape index (κ2) is 7.86. The van der Waals surface area contributed by atoms with E-state index < -0.39 is 32.7 Å². The third kappa shape index (κ3) is 5.19. The number of aromatic carboxylic acids is 1. The van der Waals surface area contributed by atoms with Crippen LogP contribution in [0.4, 0.5) is 5.69 Å². The van der Waals surface area contributed by atoms with E-state index in [0.29, 0.717) is 18.6 Å². The molecule has 1 fully saturated rings. The fourth-order valence-corrected chi connectivity index (χ4v) is 4.58. The summed E-state index contributed by atoms with van der Waals surface area (Å²) in [5, 5.41) is 11.1. The zero-order valence-corrected chi connectivity index (χ0v) is 15.1. The second-order valence-electron chi connectivity index (χ2n) is 6.44. The summed E-state index contributed by atoms with van der Waals surface area (Å²) in [4.78, 5) is 23.3. The summed E-state index contributed by atoms with van der Waals surface area (Å²) >= 11 is 0. The van der Waals surface area contributed by atoms with Crippen molar-refractivity contribution in [3.05, 3.63) is 23.8 Å². The molecule has 0 unspecified atom stereocenters. The molecule has 0 aromatic heterocycles. The van der Waals surface area contributed by atoms with Crippen molar-refractivity contribution in [2.75, 3.05) is 11.1 Å². The van der Waals surface area contributed by atoms with E-state index in [0.717, 1.165) is 12.8 Å². The van der Waals surface area contributed by atoms with Gasteiger partial charge in [-0.2, -0.15) is 0 Å². The van der Waals surface area contributed by atoms with Crippen molar-refractivity contribution >= 4 is 27.4 Å². The van der Waals surface area contributed by atoms with Gasteiger partial charge in [-0.15, -0.1) is 0 Å². The van der Waals surface area contributed by atoms with Gasteiger partial charge in [-0.05, 0) is 44.9 Å². The maximum Gasteiger partial charge on any atom is 0.335 e. The molecule has 1 saturated carbocycles. The Kier molecular flexibility index (Phi) is 6.05. The van der Waals surface area contributed by atoms with Gasteiger partial charge in [-0.25, -0.2) is 13.2 Å². The first-order valence-corrected chi connectivity index (χ1v) is 9.96. The average Bonchev–Trinajstić information content (AvgIpc) is 3.02. The standard InChI is InChI=1S/C17H23NO6S/c1-11(2)24-15-8-7-12(17(20)21)9-14(15)18-16(19)10-25(22,23)13-5-3-4-6-13/h7-9,11,13H,3-6,10H2,1-2H3,(H,18,19)(H,20,21). The molecule has 1 aliphatic carbocycles. The van der Waals surface area contributed by atoms with Crippen LogP contribution in [0.5, 0.6) is 5.75 Å². The minimum absolute atomic E-state index is 0.0231. The lowest BCUT2D eigenvalue weighted by molar-refractivity contribution is -0.113. The number of ether oxygens (including phenoxy) is 1. The molecule has 138 valence electrons. The molecule has 7 nitrogen and oxygen atoms in total. The quantitative estimate of drug-likeness (QED) is 0.764. The Labute approximate surface area is 147 Å². The van der Waals surface area contributed by atoms with Crippen LogP contribution in [0.2, 0.25) is 0 Å². The second-order valence-corrected chi connectivity index (χ2v) is 8.73. The number of rotatable bonds is 7. The van der Waals surface area contributed by atoms with Crippen LogP contribution >= 0.6 is 0 Å². The number of hydrogen-bond acceptors (Lipinski definition) is 5. The summed E-state index contributed by atoms with van der Waals surface area (Å²) in [6, 6.07) is 4.08. The van der Waals surface area contributed by atoms with E-state index in [1.807, 2.05) is 0 Å². The molecular weight excluding hydrogens is 346 g/mol. The molecular formula is C17H23NO6S. The van der Waals surface area contributed by atoms with E-state index in [4.69, 9.17) is 9.84 Å². The highest BCUT2D eigenvalue weighted by Crippen LogP contribution is 2.28. The van der Waals surface area contributed by atoms with Crippen molar-refractivity contribution in [2.24, 2.45) is 0 Å². The van der Waals surface area contributed by atoms with Crippen LogP contribution in [0.15, 0.2) is 18.2 Å². The Morgan fingerprint density at radius 1 is 1.28 bits per heavy atom. The first-order valence-electron chi connectivity index (χ1n) is 8.24. The molecule has 0 atom stereocenters. The van der Waals surface area contributed by atoms with Crippen molar-refractivity contribution < 1.29 is 27.9 Å². The fraction of sp³-hybridized carbons (Fsp3) is 0.529. The summed E-state index contributed by atoms with van der Waals surface area (Å²) in [5.41, 5.74) is 0.130. The van der Waals surface area contributed by atoms with E-state index in [2.05, 4.69) is 5.32 Å². The fourth-order valence-electron chi connectivity index (χ4n) is 2.85. The van der Waals surface area contributed by atoms with Crippen molar-refractivity contribution in [1.29, 1.82) is 0 Å². The van der Waals surface area contributed by atoms with Gasteiger partial charge in [-0.3, -0.25) is 4.79 Å². The summed E-state index contributed by atoms with van der Waals surface area (Å²) < 4.78 is 30.1. The number of carboxylic acid groups (broad SMARTS) is 1. The number of carboxylic acids is 1. The zero-order chi connectivity index (χ0) is 18.6. The summed E-state index contributed by atoms with van der Waals surface area (Å²) in [6.07, 6.45) is 2.71. The number of nitrogens with one attached hydrogen (secondary N) is 1. The summed E-state index contributed by atoms with van der Waals surface area (Å²) in [5.74, 6) is -2.16. The maximum absolute atomic E-state index is 12.3. The molecule has 25 heavy (non-hydrogen) atoms. The van der Waals surface area contributed by atoms with Gasteiger partial charge in [0.2, 0.25) is 5.91 Å². The minimum Gasteiger partial charge on any atom is -0.489 e. The van der Waals surface area contributed by atoms with Crippen LogP contribution in [-0.2, 0) is 14.6 Å². The van der Waals surface area contributed by atoms with Crippen LogP contribution in [0.3, 0.4) is 0 Å². The first kappa shape index (κ1) is 19.2. The molecule has 0 heterocycles. The number of benzene rings is 1.